The van der Waals surface area contributed by atoms with Crippen LogP contribution in [0.3, 0.4) is 0 Å². The third-order valence-corrected chi connectivity index (χ3v) is 2.82. The fourth-order valence-electron chi connectivity index (χ4n) is 1.77. The van der Waals surface area contributed by atoms with E-state index in [2.05, 4.69) is 12.2 Å². The lowest BCUT2D eigenvalue weighted by Gasteiger charge is -2.46. The van der Waals surface area contributed by atoms with Gasteiger partial charge in [-0.1, -0.05) is 6.42 Å². The first kappa shape index (κ1) is 6.62. The van der Waals surface area contributed by atoms with Gasteiger partial charge in [-0.3, -0.25) is 5.32 Å². The molecule has 1 unspecified atom stereocenters. The van der Waals surface area contributed by atoms with Crippen LogP contribution >= 0.6 is 0 Å². The molecule has 1 spiro atoms. The van der Waals surface area contributed by atoms with Crippen molar-refractivity contribution >= 4 is 0 Å². The Labute approximate surface area is 61.9 Å². The summed E-state index contributed by atoms with van der Waals surface area (Å²) in [4.78, 5) is 0. The first-order chi connectivity index (χ1) is 4.81. The molecular weight excluding hydrogens is 126 g/mol. The molecule has 1 saturated carbocycles. The van der Waals surface area contributed by atoms with Gasteiger partial charge in [0.15, 0.2) is 0 Å². The fraction of sp³-hybridized carbons (Fsp3) is 1.00. The van der Waals surface area contributed by atoms with Gasteiger partial charge in [-0.2, -0.15) is 0 Å². The van der Waals surface area contributed by atoms with Gasteiger partial charge in [0.1, 0.15) is 6.23 Å². The zero-order chi connectivity index (χ0) is 7.03. The first-order valence-electron chi connectivity index (χ1n) is 4.16. The minimum Gasteiger partial charge on any atom is -0.363 e. The summed E-state index contributed by atoms with van der Waals surface area (Å²) in [5.41, 5.74) is 0.548. The van der Waals surface area contributed by atoms with Gasteiger partial charge in [0.25, 0.3) is 0 Å². The molecule has 0 amide bonds. The van der Waals surface area contributed by atoms with E-state index in [0.29, 0.717) is 5.41 Å². The second-order valence-corrected chi connectivity index (χ2v) is 3.69. The van der Waals surface area contributed by atoms with Crippen molar-refractivity contribution in [1.82, 2.24) is 5.32 Å². The molecule has 1 saturated heterocycles. The summed E-state index contributed by atoms with van der Waals surface area (Å²) in [6, 6.07) is 0. The van der Waals surface area contributed by atoms with Crippen molar-refractivity contribution in [2.24, 2.45) is 5.41 Å². The first-order valence-corrected chi connectivity index (χ1v) is 4.16. The van der Waals surface area contributed by atoms with Crippen molar-refractivity contribution in [3.8, 4) is 0 Å². The molecule has 0 aromatic carbocycles. The molecule has 0 bridgehead atoms. The minimum atomic E-state index is 0.284. The topological polar surface area (TPSA) is 21.3 Å². The zero-order valence-electron chi connectivity index (χ0n) is 6.52. The Kier molecular flexibility index (Phi) is 1.46. The van der Waals surface area contributed by atoms with Gasteiger partial charge in [0, 0.05) is 12.0 Å². The molecule has 2 fully saturated rings. The van der Waals surface area contributed by atoms with Crippen LogP contribution in [0.2, 0.25) is 0 Å². The number of hydrogen-bond donors (Lipinski definition) is 1. The van der Waals surface area contributed by atoms with Gasteiger partial charge in [-0.25, -0.2) is 0 Å². The number of rotatable bonds is 0. The maximum atomic E-state index is 5.52. The normalized spacial score (nSPS) is 37.5. The van der Waals surface area contributed by atoms with Crippen LogP contribution in [0.5, 0.6) is 0 Å². The summed E-state index contributed by atoms with van der Waals surface area (Å²) in [7, 11) is 0. The van der Waals surface area contributed by atoms with E-state index in [-0.39, 0.29) is 6.23 Å². The largest absolute Gasteiger partial charge is 0.363 e. The monoisotopic (exact) mass is 141 g/mol. The minimum absolute atomic E-state index is 0.284. The van der Waals surface area contributed by atoms with Crippen molar-refractivity contribution in [3.05, 3.63) is 0 Å². The highest BCUT2D eigenvalue weighted by Crippen LogP contribution is 2.42. The average Bonchev–Trinajstić information content (AvgIpc) is 1.86. The standard InChI is InChI=1S/C8H15NO/c1-7-9-5-8(6-10-7)3-2-4-8/h7,9H,2-6H2,1H3. The lowest BCUT2D eigenvalue weighted by molar-refractivity contribution is -0.0934. The zero-order valence-corrected chi connectivity index (χ0v) is 6.52. The molecule has 10 heavy (non-hydrogen) atoms. The molecule has 1 heterocycles. The molecule has 1 atom stereocenters. The fourth-order valence-corrected chi connectivity index (χ4v) is 1.77. The van der Waals surface area contributed by atoms with Crippen molar-refractivity contribution in [1.29, 1.82) is 0 Å². The average molecular weight is 141 g/mol. The summed E-state index contributed by atoms with van der Waals surface area (Å²) < 4.78 is 5.52. The Balaban J connectivity index is 1.90. The van der Waals surface area contributed by atoms with E-state index in [4.69, 9.17) is 4.74 Å². The quantitative estimate of drug-likeness (QED) is 0.546. The number of hydrogen-bond acceptors (Lipinski definition) is 2. The Hall–Kier alpha value is -0.0800. The third kappa shape index (κ3) is 0.956. The van der Waals surface area contributed by atoms with E-state index < -0.39 is 0 Å². The molecule has 0 radical (unpaired) electrons. The lowest BCUT2D eigenvalue weighted by atomic mass is 9.69. The smallest absolute Gasteiger partial charge is 0.105 e. The Morgan fingerprint density at radius 3 is 2.70 bits per heavy atom. The molecule has 58 valence electrons. The summed E-state index contributed by atoms with van der Waals surface area (Å²) in [5, 5.41) is 3.35. The van der Waals surface area contributed by atoms with Gasteiger partial charge in [-0.15, -0.1) is 0 Å². The van der Waals surface area contributed by atoms with Gasteiger partial charge in [0.05, 0.1) is 6.61 Å². The maximum absolute atomic E-state index is 5.52. The van der Waals surface area contributed by atoms with Crippen molar-refractivity contribution in [2.75, 3.05) is 13.2 Å². The van der Waals surface area contributed by atoms with Gasteiger partial charge in [0.2, 0.25) is 0 Å². The molecule has 2 aliphatic rings. The van der Waals surface area contributed by atoms with E-state index in [1.807, 2.05) is 0 Å². The van der Waals surface area contributed by atoms with Crippen LogP contribution in [0, 0.1) is 5.41 Å². The lowest BCUT2D eigenvalue weighted by Crippen LogP contribution is -2.52. The summed E-state index contributed by atoms with van der Waals surface area (Å²) in [5.74, 6) is 0. The van der Waals surface area contributed by atoms with Crippen LogP contribution in [-0.2, 0) is 4.74 Å². The van der Waals surface area contributed by atoms with Crippen molar-refractivity contribution < 1.29 is 4.74 Å². The highest BCUT2D eigenvalue weighted by atomic mass is 16.5. The highest BCUT2D eigenvalue weighted by molar-refractivity contribution is 4.91. The predicted octanol–water partition coefficient (Wildman–Crippen LogP) is 1.12. The van der Waals surface area contributed by atoms with Crippen LogP contribution in [0.4, 0.5) is 0 Å². The molecule has 1 aliphatic heterocycles. The van der Waals surface area contributed by atoms with E-state index in [1.54, 1.807) is 0 Å². The molecule has 1 aliphatic carbocycles. The summed E-state index contributed by atoms with van der Waals surface area (Å²) in [6.07, 6.45) is 4.42. The molecule has 0 aromatic heterocycles. The van der Waals surface area contributed by atoms with Crippen LogP contribution < -0.4 is 5.32 Å². The van der Waals surface area contributed by atoms with Crippen LogP contribution in [-0.4, -0.2) is 19.4 Å². The van der Waals surface area contributed by atoms with Crippen LogP contribution in [0.1, 0.15) is 26.2 Å². The van der Waals surface area contributed by atoms with E-state index in [0.717, 1.165) is 6.61 Å². The Morgan fingerprint density at radius 1 is 1.50 bits per heavy atom. The second-order valence-electron chi connectivity index (χ2n) is 3.69. The molecule has 0 aromatic rings. The summed E-state index contributed by atoms with van der Waals surface area (Å²) >= 11 is 0. The third-order valence-electron chi connectivity index (χ3n) is 2.82. The molecule has 2 heteroatoms. The molecule has 2 rings (SSSR count). The second kappa shape index (κ2) is 2.21. The van der Waals surface area contributed by atoms with Crippen molar-refractivity contribution in [3.63, 3.8) is 0 Å². The van der Waals surface area contributed by atoms with Gasteiger partial charge < -0.3 is 4.74 Å². The maximum Gasteiger partial charge on any atom is 0.105 e. The van der Waals surface area contributed by atoms with Gasteiger partial charge >= 0.3 is 0 Å². The predicted molar refractivity (Wildman–Crippen MR) is 39.7 cm³/mol. The SMILES string of the molecule is CC1NCC2(CCC2)CO1. The van der Waals surface area contributed by atoms with Crippen molar-refractivity contribution in [2.45, 2.75) is 32.4 Å². The summed E-state index contributed by atoms with van der Waals surface area (Å²) in [6.45, 7) is 4.24. The van der Waals surface area contributed by atoms with E-state index in [9.17, 15) is 0 Å². The van der Waals surface area contributed by atoms with Crippen LogP contribution in [0.25, 0.3) is 0 Å². The van der Waals surface area contributed by atoms with Crippen LogP contribution in [0.15, 0.2) is 0 Å². The molecule has 2 nitrogen and oxygen atoms in total. The van der Waals surface area contributed by atoms with Gasteiger partial charge in [-0.05, 0) is 19.8 Å². The Morgan fingerprint density at radius 2 is 2.30 bits per heavy atom. The number of ether oxygens (including phenoxy) is 1. The van der Waals surface area contributed by atoms with E-state index in [1.165, 1.54) is 25.8 Å². The molecule has 1 N–H and O–H groups in total. The number of nitrogens with one attached hydrogen (secondary N) is 1. The highest BCUT2D eigenvalue weighted by Gasteiger charge is 2.39. The van der Waals surface area contributed by atoms with E-state index >= 15 is 0 Å². The Bertz CT molecular complexity index is 121. The molecular formula is C8H15NO.